The van der Waals surface area contributed by atoms with E-state index in [-0.39, 0.29) is 23.7 Å². The highest BCUT2D eigenvalue weighted by atomic mass is 16.5. The molecule has 0 aliphatic rings. The van der Waals surface area contributed by atoms with Crippen molar-refractivity contribution < 1.29 is 9.53 Å². The maximum absolute atomic E-state index is 12.1. The zero-order valence-electron chi connectivity index (χ0n) is 12.4. The maximum Gasteiger partial charge on any atom is 0.312 e. The van der Waals surface area contributed by atoms with Crippen LogP contribution < -0.4 is 12.3 Å². The van der Waals surface area contributed by atoms with Gasteiger partial charge in [0.25, 0.3) is 0 Å². The second-order valence-electron chi connectivity index (χ2n) is 4.37. The van der Waals surface area contributed by atoms with Gasteiger partial charge in [0.1, 0.15) is 0 Å². The standard InChI is InChI=1S/C15H22O2.2H3N/c1-4-15(5-2,14(16)17-6-3)12-13-10-8-7-9-11-13;;/h7-11H,4-6,12H2,1-3H3;2*1H3. The molecular weight excluding hydrogens is 240 g/mol. The second kappa shape index (κ2) is 9.53. The Kier molecular flexibility index (Phi) is 10.00. The van der Waals surface area contributed by atoms with Gasteiger partial charge < -0.3 is 17.0 Å². The third-order valence-electron chi connectivity index (χ3n) is 3.45. The highest BCUT2D eigenvalue weighted by Crippen LogP contribution is 2.32. The summed E-state index contributed by atoms with van der Waals surface area (Å²) in [5.41, 5.74) is 0.835. The van der Waals surface area contributed by atoms with Crippen molar-refractivity contribution >= 4 is 5.97 Å². The predicted molar refractivity (Wildman–Crippen MR) is 79.8 cm³/mol. The van der Waals surface area contributed by atoms with Crippen LogP contribution in [0.1, 0.15) is 39.2 Å². The van der Waals surface area contributed by atoms with Crippen molar-refractivity contribution in [1.82, 2.24) is 12.3 Å². The van der Waals surface area contributed by atoms with Gasteiger partial charge in [-0.25, -0.2) is 0 Å². The zero-order valence-corrected chi connectivity index (χ0v) is 12.4. The van der Waals surface area contributed by atoms with E-state index in [0.29, 0.717) is 6.61 Å². The Morgan fingerprint density at radius 3 is 2.00 bits per heavy atom. The van der Waals surface area contributed by atoms with Gasteiger partial charge in [0, 0.05) is 0 Å². The maximum atomic E-state index is 12.1. The first-order chi connectivity index (χ1) is 8.18. The normalized spacial score (nSPS) is 10.1. The molecule has 0 bridgehead atoms. The SMILES string of the molecule is CCOC(=O)C(CC)(CC)Cc1ccccc1.N.N. The molecule has 0 fully saturated rings. The van der Waals surface area contributed by atoms with E-state index in [1.165, 1.54) is 5.56 Å². The molecule has 0 unspecified atom stereocenters. The van der Waals surface area contributed by atoms with Crippen LogP contribution in [0.4, 0.5) is 0 Å². The molecule has 0 heterocycles. The van der Waals surface area contributed by atoms with Crippen molar-refractivity contribution in [2.75, 3.05) is 6.61 Å². The van der Waals surface area contributed by atoms with Crippen molar-refractivity contribution in [3.05, 3.63) is 35.9 Å². The van der Waals surface area contributed by atoms with E-state index in [2.05, 4.69) is 26.0 Å². The first-order valence-corrected chi connectivity index (χ1v) is 6.39. The van der Waals surface area contributed by atoms with Gasteiger partial charge in [-0.1, -0.05) is 44.2 Å². The topological polar surface area (TPSA) is 96.3 Å². The van der Waals surface area contributed by atoms with Gasteiger partial charge in [-0.2, -0.15) is 0 Å². The predicted octanol–water partition coefficient (Wildman–Crippen LogP) is 3.92. The Labute approximate surface area is 116 Å². The number of benzene rings is 1. The minimum Gasteiger partial charge on any atom is -0.466 e. The molecule has 0 aromatic heterocycles. The Hall–Kier alpha value is -1.39. The quantitative estimate of drug-likeness (QED) is 0.764. The van der Waals surface area contributed by atoms with E-state index in [9.17, 15) is 4.79 Å². The summed E-state index contributed by atoms with van der Waals surface area (Å²) < 4.78 is 5.22. The van der Waals surface area contributed by atoms with E-state index in [0.717, 1.165) is 19.3 Å². The molecule has 0 radical (unpaired) electrons. The van der Waals surface area contributed by atoms with Crippen LogP contribution in [0.5, 0.6) is 0 Å². The molecule has 0 saturated heterocycles. The third kappa shape index (κ3) is 5.01. The number of hydrogen-bond donors (Lipinski definition) is 2. The highest BCUT2D eigenvalue weighted by Gasteiger charge is 2.36. The van der Waals surface area contributed by atoms with Gasteiger partial charge in [-0.05, 0) is 31.7 Å². The van der Waals surface area contributed by atoms with E-state index >= 15 is 0 Å². The van der Waals surface area contributed by atoms with Gasteiger partial charge in [-0.3, -0.25) is 4.79 Å². The number of carbonyl (C=O) groups is 1. The Bertz CT molecular complexity index is 348. The van der Waals surface area contributed by atoms with Crippen LogP contribution in [0.3, 0.4) is 0 Å². The fraction of sp³-hybridized carbons (Fsp3) is 0.533. The summed E-state index contributed by atoms with van der Waals surface area (Å²) >= 11 is 0. The molecule has 0 aliphatic carbocycles. The first kappa shape index (κ1) is 19.9. The lowest BCUT2D eigenvalue weighted by molar-refractivity contribution is -0.156. The van der Waals surface area contributed by atoms with Crippen LogP contribution >= 0.6 is 0 Å². The Balaban J connectivity index is 0. The third-order valence-corrected chi connectivity index (χ3v) is 3.45. The lowest BCUT2D eigenvalue weighted by atomic mass is 9.77. The Morgan fingerprint density at radius 1 is 1.05 bits per heavy atom. The molecule has 0 saturated carbocycles. The minimum absolute atomic E-state index is 0. The molecule has 0 aliphatic heterocycles. The molecular formula is C15H28N2O2. The fourth-order valence-corrected chi connectivity index (χ4v) is 2.13. The van der Waals surface area contributed by atoms with Gasteiger partial charge in [0.05, 0.1) is 12.0 Å². The monoisotopic (exact) mass is 268 g/mol. The molecule has 0 atom stereocenters. The fourth-order valence-electron chi connectivity index (χ4n) is 2.13. The molecule has 19 heavy (non-hydrogen) atoms. The van der Waals surface area contributed by atoms with Gasteiger partial charge in [0.15, 0.2) is 0 Å². The summed E-state index contributed by atoms with van der Waals surface area (Å²) in [4.78, 5) is 12.1. The summed E-state index contributed by atoms with van der Waals surface area (Å²) in [6.45, 7) is 6.43. The second-order valence-corrected chi connectivity index (χ2v) is 4.37. The average molecular weight is 268 g/mol. The molecule has 1 aromatic carbocycles. The van der Waals surface area contributed by atoms with E-state index in [1.807, 2.05) is 25.1 Å². The zero-order chi connectivity index (χ0) is 12.7. The number of carbonyl (C=O) groups excluding carboxylic acids is 1. The molecule has 110 valence electrons. The van der Waals surface area contributed by atoms with Gasteiger partial charge in [-0.15, -0.1) is 0 Å². The van der Waals surface area contributed by atoms with Crippen molar-refractivity contribution in [2.24, 2.45) is 5.41 Å². The molecule has 4 heteroatoms. The van der Waals surface area contributed by atoms with Crippen LogP contribution in [0.2, 0.25) is 0 Å². The van der Waals surface area contributed by atoms with Crippen LogP contribution in [-0.2, 0) is 16.0 Å². The summed E-state index contributed by atoms with van der Waals surface area (Å²) in [5.74, 6) is -0.0612. The summed E-state index contributed by atoms with van der Waals surface area (Å²) in [6.07, 6.45) is 2.40. The molecule has 1 aromatic rings. The largest absolute Gasteiger partial charge is 0.466 e. The van der Waals surface area contributed by atoms with Crippen molar-refractivity contribution in [2.45, 2.75) is 40.0 Å². The highest BCUT2D eigenvalue weighted by molar-refractivity contribution is 5.77. The molecule has 0 spiro atoms. The number of hydrogen-bond acceptors (Lipinski definition) is 4. The van der Waals surface area contributed by atoms with Gasteiger partial charge >= 0.3 is 5.97 Å². The van der Waals surface area contributed by atoms with Gasteiger partial charge in [0.2, 0.25) is 0 Å². The lowest BCUT2D eigenvalue weighted by Crippen LogP contribution is -2.34. The van der Waals surface area contributed by atoms with Crippen LogP contribution in [0.25, 0.3) is 0 Å². The first-order valence-electron chi connectivity index (χ1n) is 6.39. The van der Waals surface area contributed by atoms with Crippen LogP contribution in [0, 0.1) is 5.41 Å². The average Bonchev–Trinajstić information content (AvgIpc) is 2.37. The molecule has 4 nitrogen and oxygen atoms in total. The smallest absolute Gasteiger partial charge is 0.312 e. The Morgan fingerprint density at radius 2 is 1.58 bits per heavy atom. The van der Waals surface area contributed by atoms with E-state index in [1.54, 1.807) is 0 Å². The van der Waals surface area contributed by atoms with Crippen LogP contribution in [-0.4, -0.2) is 12.6 Å². The number of rotatable bonds is 6. The summed E-state index contributed by atoms with van der Waals surface area (Å²) in [6, 6.07) is 10.2. The number of ether oxygens (including phenoxy) is 1. The molecule has 1 rings (SSSR count). The number of esters is 1. The van der Waals surface area contributed by atoms with Crippen LogP contribution in [0.15, 0.2) is 30.3 Å². The summed E-state index contributed by atoms with van der Waals surface area (Å²) in [5, 5.41) is 0. The summed E-state index contributed by atoms with van der Waals surface area (Å²) in [7, 11) is 0. The van der Waals surface area contributed by atoms with Crippen molar-refractivity contribution in [1.29, 1.82) is 0 Å². The van der Waals surface area contributed by atoms with E-state index < -0.39 is 0 Å². The van der Waals surface area contributed by atoms with E-state index in [4.69, 9.17) is 4.74 Å². The van der Waals surface area contributed by atoms with Crippen molar-refractivity contribution in [3.63, 3.8) is 0 Å². The molecule has 0 amide bonds. The molecule has 6 N–H and O–H groups in total. The van der Waals surface area contributed by atoms with Crippen molar-refractivity contribution in [3.8, 4) is 0 Å². The minimum atomic E-state index is -0.364. The lowest BCUT2D eigenvalue weighted by Gasteiger charge is -2.29.